The van der Waals surface area contributed by atoms with Gasteiger partial charge in [-0.15, -0.1) is 0 Å². The summed E-state index contributed by atoms with van der Waals surface area (Å²) in [6, 6.07) is 7.44. The molecule has 0 spiro atoms. The first kappa shape index (κ1) is 22.1. The molecule has 0 saturated carbocycles. The first-order valence-corrected chi connectivity index (χ1v) is 8.74. The number of hydrogen-bond acceptors (Lipinski definition) is 3. The second kappa shape index (κ2) is 14.7. The molecule has 0 bridgehead atoms. The lowest BCUT2D eigenvalue weighted by molar-refractivity contribution is -0.134. The van der Waals surface area contributed by atoms with Gasteiger partial charge in [-0.25, -0.2) is 5.48 Å². The van der Waals surface area contributed by atoms with Gasteiger partial charge in [0.1, 0.15) is 0 Å². The van der Waals surface area contributed by atoms with Gasteiger partial charge in [0.15, 0.2) is 0 Å². The molecule has 0 aromatic heterocycles. The molecule has 1 amide bonds. The van der Waals surface area contributed by atoms with Crippen LogP contribution in [0.5, 0.6) is 0 Å². The molecule has 0 atom stereocenters. The zero-order valence-electron chi connectivity index (χ0n) is 14.9. The molecular formula is C19H31NO4. The average Bonchev–Trinajstić information content (AvgIpc) is 2.56. The summed E-state index contributed by atoms with van der Waals surface area (Å²) in [4.78, 5) is 20.2. The second-order valence-corrected chi connectivity index (χ2v) is 5.88. The molecule has 5 heteroatoms. The number of rotatable bonds is 10. The van der Waals surface area contributed by atoms with Gasteiger partial charge in [-0.1, -0.05) is 64.0 Å². The molecule has 136 valence electrons. The highest BCUT2D eigenvalue weighted by molar-refractivity contribution is 5.93. The topological polar surface area (TPSA) is 86.6 Å². The second-order valence-electron chi connectivity index (χ2n) is 5.88. The fraction of sp³-hybridized carbons (Fsp3) is 0.579. The Hall–Kier alpha value is -1.88. The summed E-state index contributed by atoms with van der Waals surface area (Å²) in [5, 5.41) is 16.0. The van der Waals surface area contributed by atoms with Crippen molar-refractivity contribution in [2.75, 3.05) is 0 Å². The van der Waals surface area contributed by atoms with Crippen LogP contribution in [0.3, 0.4) is 0 Å². The number of benzene rings is 1. The van der Waals surface area contributed by atoms with Crippen LogP contribution in [0.4, 0.5) is 0 Å². The minimum absolute atomic E-state index is 0.455. The Morgan fingerprint density at radius 3 is 1.83 bits per heavy atom. The van der Waals surface area contributed by atoms with Gasteiger partial charge >= 0.3 is 0 Å². The third-order valence-electron chi connectivity index (χ3n) is 3.64. The molecule has 5 nitrogen and oxygen atoms in total. The highest BCUT2D eigenvalue weighted by Crippen LogP contribution is 2.12. The highest BCUT2D eigenvalue weighted by Gasteiger charge is 2.02. The molecule has 0 aliphatic rings. The molecule has 1 aromatic carbocycles. The largest absolute Gasteiger partial charge is 0.481 e. The molecule has 0 unspecified atom stereocenters. The van der Waals surface area contributed by atoms with Crippen molar-refractivity contribution in [1.82, 2.24) is 5.48 Å². The van der Waals surface area contributed by atoms with Crippen molar-refractivity contribution in [2.24, 2.45) is 0 Å². The van der Waals surface area contributed by atoms with Crippen molar-refractivity contribution in [3.63, 3.8) is 0 Å². The quantitative estimate of drug-likeness (QED) is 0.331. The maximum atomic E-state index is 11.2. The standard InChI is InChI=1S/C17H27NO2.C2H4O2/c1-2-3-4-5-6-7-8-9-10-15-11-13-16(14-12-15)17(19)18-20;1-2(3)4/h11-14,20H,2-10H2,1H3,(H,18,19);1H3,(H,3,4). The molecule has 1 aromatic rings. The number of nitrogens with one attached hydrogen (secondary N) is 1. The summed E-state index contributed by atoms with van der Waals surface area (Å²) in [5.74, 6) is -1.29. The minimum atomic E-state index is -0.833. The van der Waals surface area contributed by atoms with Crippen LogP contribution in [0.2, 0.25) is 0 Å². The maximum Gasteiger partial charge on any atom is 0.300 e. The van der Waals surface area contributed by atoms with Gasteiger partial charge < -0.3 is 5.11 Å². The molecule has 1 rings (SSSR count). The summed E-state index contributed by atoms with van der Waals surface area (Å²) in [7, 11) is 0. The van der Waals surface area contributed by atoms with E-state index < -0.39 is 11.9 Å². The number of aliphatic carboxylic acids is 1. The van der Waals surface area contributed by atoms with Crippen molar-refractivity contribution in [2.45, 2.75) is 71.6 Å². The zero-order chi connectivity index (χ0) is 18.2. The smallest absolute Gasteiger partial charge is 0.300 e. The molecule has 0 radical (unpaired) electrons. The van der Waals surface area contributed by atoms with Gasteiger partial charge in [0, 0.05) is 12.5 Å². The monoisotopic (exact) mass is 337 g/mol. The summed E-state index contributed by atoms with van der Waals surface area (Å²) in [5.41, 5.74) is 3.39. The van der Waals surface area contributed by atoms with E-state index in [1.807, 2.05) is 12.1 Å². The number of unbranched alkanes of at least 4 members (excludes halogenated alkanes) is 7. The third kappa shape index (κ3) is 12.6. The summed E-state index contributed by atoms with van der Waals surface area (Å²) >= 11 is 0. The van der Waals surface area contributed by atoms with E-state index in [9.17, 15) is 4.79 Å². The Labute approximate surface area is 145 Å². The lowest BCUT2D eigenvalue weighted by Crippen LogP contribution is -2.18. The summed E-state index contributed by atoms with van der Waals surface area (Å²) in [6.07, 6.45) is 11.7. The van der Waals surface area contributed by atoms with Crippen LogP contribution in [0.25, 0.3) is 0 Å². The van der Waals surface area contributed by atoms with Crippen LogP contribution in [0.15, 0.2) is 24.3 Å². The van der Waals surface area contributed by atoms with Gasteiger partial charge in [0.25, 0.3) is 11.9 Å². The Morgan fingerprint density at radius 2 is 1.38 bits per heavy atom. The summed E-state index contributed by atoms with van der Waals surface area (Å²) in [6.45, 7) is 3.33. The van der Waals surface area contributed by atoms with Crippen molar-refractivity contribution >= 4 is 11.9 Å². The Balaban J connectivity index is 0.00000118. The normalized spacial score (nSPS) is 9.79. The maximum absolute atomic E-state index is 11.2. The zero-order valence-corrected chi connectivity index (χ0v) is 14.9. The van der Waals surface area contributed by atoms with E-state index >= 15 is 0 Å². The minimum Gasteiger partial charge on any atom is -0.481 e. The van der Waals surface area contributed by atoms with Gasteiger partial charge in [0.05, 0.1) is 0 Å². The lowest BCUT2D eigenvalue weighted by Gasteiger charge is -2.04. The molecule has 0 fully saturated rings. The van der Waals surface area contributed by atoms with E-state index in [0.717, 1.165) is 13.3 Å². The van der Waals surface area contributed by atoms with Crippen LogP contribution in [0.1, 0.15) is 81.1 Å². The predicted molar refractivity (Wildman–Crippen MR) is 95.3 cm³/mol. The van der Waals surface area contributed by atoms with E-state index in [0.29, 0.717) is 5.56 Å². The van der Waals surface area contributed by atoms with Crippen molar-refractivity contribution in [3.8, 4) is 0 Å². The number of hydroxylamine groups is 1. The Kier molecular flexibility index (Phi) is 13.5. The van der Waals surface area contributed by atoms with Crippen LogP contribution in [-0.2, 0) is 11.2 Å². The van der Waals surface area contributed by atoms with E-state index in [4.69, 9.17) is 15.1 Å². The van der Waals surface area contributed by atoms with Crippen LogP contribution in [-0.4, -0.2) is 22.2 Å². The molecule has 24 heavy (non-hydrogen) atoms. The highest BCUT2D eigenvalue weighted by atomic mass is 16.5. The van der Waals surface area contributed by atoms with Crippen molar-refractivity contribution < 1.29 is 19.9 Å². The third-order valence-corrected chi connectivity index (χ3v) is 3.64. The Bertz CT molecular complexity index is 453. The molecule has 0 aliphatic carbocycles. The van der Waals surface area contributed by atoms with Gasteiger partial charge in [-0.2, -0.15) is 0 Å². The average molecular weight is 337 g/mol. The molecule has 3 N–H and O–H groups in total. The molecule has 0 saturated heterocycles. The van der Waals surface area contributed by atoms with Gasteiger partial charge in [-0.3, -0.25) is 14.8 Å². The van der Waals surface area contributed by atoms with Crippen molar-refractivity contribution in [3.05, 3.63) is 35.4 Å². The Morgan fingerprint density at radius 1 is 0.917 bits per heavy atom. The number of carboxylic acid groups (broad SMARTS) is 1. The fourth-order valence-corrected chi connectivity index (χ4v) is 2.35. The van der Waals surface area contributed by atoms with E-state index in [2.05, 4.69) is 6.92 Å². The fourth-order valence-electron chi connectivity index (χ4n) is 2.35. The first-order chi connectivity index (χ1) is 11.5. The van der Waals surface area contributed by atoms with Gasteiger partial charge in [-0.05, 0) is 30.5 Å². The molecule has 0 heterocycles. The van der Waals surface area contributed by atoms with Crippen LogP contribution < -0.4 is 5.48 Å². The number of aryl methyl sites for hydroxylation is 1. The molecular weight excluding hydrogens is 306 g/mol. The summed E-state index contributed by atoms with van der Waals surface area (Å²) < 4.78 is 0. The number of amides is 1. The van der Waals surface area contributed by atoms with E-state index in [1.54, 1.807) is 17.6 Å². The first-order valence-electron chi connectivity index (χ1n) is 8.74. The van der Waals surface area contributed by atoms with E-state index in [-0.39, 0.29) is 0 Å². The van der Waals surface area contributed by atoms with Gasteiger partial charge in [0.2, 0.25) is 0 Å². The number of hydrogen-bond donors (Lipinski definition) is 3. The molecule has 0 aliphatic heterocycles. The van der Waals surface area contributed by atoms with E-state index in [1.165, 1.54) is 56.9 Å². The lowest BCUT2D eigenvalue weighted by atomic mass is 10.0. The van der Waals surface area contributed by atoms with Crippen LogP contribution >= 0.6 is 0 Å². The predicted octanol–water partition coefficient (Wildman–Crippen LogP) is 4.58. The number of carbonyl (C=O) groups is 2. The van der Waals surface area contributed by atoms with Crippen LogP contribution in [0, 0.1) is 0 Å². The number of carbonyl (C=O) groups excluding carboxylic acids is 1. The SMILES string of the molecule is CC(=O)O.CCCCCCCCCCc1ccc(C(=O)NO)cc1. The number of carboxylic acids is 1. The van der Waals surface area contributed by atoms with Crippen molar-refractivity contribution in [1.29, 1.82) is 0 Å².